The molecule has 0 unspecified atom stereocenters. The quantitative estimate of drug-likeness (QED) is 0.159. The molecule has 9 nitrogen and oxygen atoms in total. The number of methoxy groups -OCH3 is 1. The maximum Gasteiger partial charge on any atom is 0.269 e. The van der Waals surface area contributed by atoms with E-state index in [2.05, 4.69) is 22.0 Å². The van der Waals surface area contributed by atoms with Crippen molar-refractivity contribution < 1.29 is 19.3 Å². The summed E-state index contributed by atoms with van der Waals surface area (Å²) in [6.45, 7) is 0.0892. The number of benzene rings is 3. The van der Waals surface area contributed by atoms with E-state index >= 15 is 0 Å². The second kappa shape index (κ2) is 10.4. The summed E-state index contributed by atoms with van der Waals surface area (Å²) in [7, 11) is 1.47. The molecule has 166 valence electrons. The molecule has 3 aromatic rings. The number of rotatable bonds is 8. The van der Waals surface area contributed by atoms with Crippen LogP contribution in [-0.2, 0) is 6.61 Å². The van der Waals surface area contributed by atoms with Crippen molar-refractivity contribution in [2.24, 2.45) is 0 Å². The first-order chi connectivity index (χ1) is 15.8. The lowest BCUT2D eigenvalue weighted by Gasteiger charge is -2.13. The van der Waals surface area contributed by atoms with Gasteiger partial charge >= 0.3 is 0 Å². The fourth-order valence-electron chi connectivity index (χ4n) is 2.95. The first-order valence-corrected chi connectivity index (χ1v) is 10.2. The van der Waals surface area contributed by atoms with Gasteiger partial charge in [-0.2, -0.15) is 5.26 Å². The molecular weight excluding hydrogens is 494 g/mol. The largest absolute Gasteiger partial charge is 0.493 e. The van der Waals surface area contributed by atoms with E-state index in [-0.39, 0.29) is 18.0 Å². The number of hydrogen-bond donors (Lipinski definition) is 0. The van der Waals surface area contributed by atoms with E-state index in [1.807, 2.05) is 0 Å². The van der Waals surface area contributed by atoms with Crippen LogP contribution in [-0.4, -0.2) is 17.0 Å². The third-order valence-corrected chi connectivity index (χ3v) is 5.29. The Kier molecular flexibility index (Phi) is 7.38. The minimum atomic E-state index is -0.507. The van der Waals surface area contributed by atoms with Gasteiger partial charge in [0.1, 0.15) is 6.61 Å². The molecule has 0 aliphatic rings. The average Bonchev–Trinajstić information content (AvgIpc) is 2.82. The topological polar surface area (TPSA) is 129 Å². The lowest BCUT2D eigenvalue weighted by molar-refractivity contribution is -0.385. The van der Waals surface area contributed by atoms with Crippen LogP contribution in [0.4, 0.5) is 11.4 Å². The van der Waals surface area contributed by atoms with Gasteiger partial charge in [-0.1, -0.05) is 28.1 Å². The first kappa shape index (κ1) is 23.4. The molecule has 0 aromatic heterocycles. The van der Waals surface area contributed by atoms with Crippen molar-refractivity contribution in [3.8, 4) is 17.6 Å². The molecule has 0 spiro atoms. The molecule has 0 aliphatic carbocycles. The first-order valence-electron chi connectivity index (χ1n) is 9.42. The van der Waals surface area contributed by atoms with Crippen molar-refractivity contribution >= 4 is 39.0 Å². The van der Waals surface area contributed by atoms with Crippen molar-refractivity contribution in [1.29, 1.82) is 5.26 Å². The van der Waals surface area contributed by atoms with Gasteiger partial charge in [-0.25, -0.2) is 0 Å². The Morgan fingerprint density at radius 1 is 1.03 bits per heavy atom. The van der Waals surface area contributed by atoms with Crippen molar-refractivity contribution in [1.82, 2.24) is 0 Å². The highest BCUT2D eigenvalue weighted by Crippen LogP contribution is 2.36. The minimum Gasteiger partial charge on any atom is -0.493 e. The molecule has 3 rings (SSSR count). The van der Waals surface area contributed by atoms with Crippen LogP contribution in [0.1, 0.15) is 16.7 Å². The predicted octanol–water partition coefficient (Wildman–Crippen LogP) is 5.92. The number of nitrogens with zero attached hydrogens (tertiary/aromatic N) is 3. The Hall–Kier alpha value is -4.23. The molecule has 33 heavy (non-hydrogen) atoms. The smallest absolute Gasteiger partial charge is 0.269 e. The summed E-state index contributed by atoms with van der Waals surface area (Å²) in [5.41, 5.74) is 1.99. The molecule has 0 amide bonds. The number of ether oxygens (including phenoxy) is 2. The van der Waals surface area contributed by atoms with Crippen molar-refractivity contribution in [3.05, 3.63) is 102 Å². The van der Waals surface area contributed by atoms with Gasteiger partial charge < -0.3 is 9.47 Å². The SMILES string of the molecule is COc1cc(/C=C(/C#N)c2ccc([N+](=O)[O-])cc2)c(Br)cc1OCc1cccc([N+](=O)[O-])c1. The molecule has 0 saturated carbocycles. The Morgan fingerprint density at radius 2 is 1.73 bits per heavy atom. The third kappa shape index (κ3) is 5.72. The van der Waals surface area contributed by atoms with E-state index in [9.17, 15) is 25.5 Å². The number of halogens is 1. The standard InChI is InChI=1S/C23H16BrN3O6/c1-32-22-11-17(10-18(13-25)16-5-7-19(8-6-16)26(28)29)21(24)12-23(22)33-14-15-3-2-4-20(9-15)27(30)31/h2-12H,14H2,1H3/b18-10-. The molecule has 0 saturated heterocycles. The average molecular weight is 510 g/mol. The van der Waals surface area contributed by atoms with Crippen LogP contribution >= 0.6 is 15.9 Å². The van der Waals surface area contributed by atoms with E-state index in [0.29, 0.717) is 38.2 Å². The van der Waals surface area contributed by atoms with E-state index in [1.165, 1.54) is 43.5 Å². The van der Waals surface area contributed by atoms with Crippen molar-refractivity contribution in [2.75, 3.05) is 7.11 Å². The summed E-state index contributed by atoms with van der Waals surface area (Å²) in [6, 6.07) is 17.3. The molecule has 3 aromatic carbocycles. The Labute approximate surface area is 196 Å². The van der Waals surface area contributed by atoms with Crippen LogP contribution in [0.3, 0.4) is 0 Å². The molecule has 10 heteroatoms. The van der Waals surface area contributed by atoms with Gasteiger partial charge in [0.15, 0.2) is 11.5 Å². The number of non-ortho nitro benzene ring substituents is 2. The molecule has 0 aliphatic heterocycles. The summed E-state index contributed by atoms with van der Waals surface area (Å²) in [4.78, 5) is 20.8. The molecular formula is C23H16BrN3O6. The lowest BCUT2D eigenvalue weighted by Crippen LogP contribution is -1.99. The summed E-state index contributed by atoms with van der Waals surface area (Å²) in [6.07, 6.45) is 1.62. The second-order valence-electron chi connectivity index (χ2n) is 6.71. The van der Waals surface area contributed by atoms with Crippen LogP contribution in [0.5, 0.6) is 11.5 Å². The highest BCUT2D eigenvalue weighted by molar-refractivity contribution is 9.10. The van der Waals surface area contributed by atoms with E-state index in [1.54, 1.807) is 30.3 Å². The zero-order chi connectivity index (χ0) is 24.0. The summed E-state index contributed by atoms with van der Waals surface area (Å²) in [5, 5.41) is 31.4. The van der Waals surface area contributed by atoms with Gasteiger partial charge in [-0.15, -0.1) is 0 Å². The van der Waals surface area contributed by atoms with Gasteiger partial charge in [0.25, 0.3) is 11.4 Å². The Morgan fingerprint density at radius 3 is 2.33 bits per heavy atom. The molecule has 0 N–H and O–H groups in total. The zero-order valence-corrected chi connectivity index (χ0v) is 18.8. The number of nitro benzene ring substituents is 2. The molecule has 0 heterocycles. The van der Waals surface area contributed by atoms with Gasteiger partial charge in [-0.05, 0) is 47.0 Å². The molecule has 0 atom stereocenters. The maximum absolute atomic E-state index is 11.0. The number of nitro groups is 2. The maximum atomic E-state index is 11.0. The number of hydrogen-bond acceptors (Lipinski definition) is 7. The highest BCUT2D eigenvalue weighted by atomic mass is 79.9. The van der Waals surface area contributed by atoms with Gasteiger partial charge in [-0.3, -0.25) is 20.2 Å². The fourth-order valence-corrected chi connectivity index (χ4v) is 3.39. The Bertz CT molecular complexity index is 1280. The van der Waals surface area contributed by atoms with E-state index in [0.717, 1.165) is 0 Å². The van der Waals surface area contributed by atoms with E-state index < -0.39 is 9.85 Å². The minimum absolute atomic E-state index is 0.0278. The van der Waals surface area contributed by atoms with Crippen LogP contribution in [0.2, 0.25) is 0 Å². The highest BCUT2D eigenvalue weighted by Gasteiger charge is 2.13. The molecule has 0 bridgehead atoms. The van der Waals surface area contributed by atoms with Gasteiger partial charge in [0.2, 0.25) is 0 Å². The van der Waals surface area contributed by atoms with Crippen LogP contribution in [0, 0.1) is 31.6 Å². The predicted molar refractivity (Wildman–Crippen MR) is 125 cm³/mol. The second-order valence-corrected chi connectivity index (χ2v) is 7.57. The van der Waals surface area contributed by atoms with Gasteiger partial charge in [0, 0.05) is 28.7 Å². The summed E-state index contributed by atoms with van der Waals surface area (Å²) < 4.78 is 11.8. The normalized spacial score (nSPS) is 10.9. The van der Waals surface area contributed by atoms with Gasteiger partial charge in [0.05, 0.1) is 28.6 Å². The van der Waals surface area contributed by atoms with Crippen LogP contribution in [0.15, 0.2) is 65.1 Å². The van der Waals surface area contributed by atoms with Crippen LogP contribution in [0.25, 0.3) is 11.6 Å². The summed E-state index contributed by atoms with van der Waals surface area (Å²) >= 11 is 3.46. The molecule has 0 fully saturated rings. The lowest BCUT2D eigenvalue weighted by atomic mass is 10.0. The third-order valence-electron chi connectivity index (χ3n) is 4.61. The molecule has 0 radical (unpaired) electrons. The van der Waals surface area contributed by atoms with Crippen molar-refractivity contribution in [3.63, 3.8) is 0 Å². The van der Waals surface area contributed by atoms with Crippen molar-refractivity contribution in [2.45, 2.75) is 6.61 Å². The van der Waals surface area contributed by atoms with Crippen LogP contribution < -0.4 is 9.47 Å². The number of nitriles is 1. The number of allylic oxidation sites excluding steroid dienone is 1. The summed E-state index contributed by atoms with van der Waals surface area (Å²) in [5.74, 6) is 0.803. The Balaban J connectivity index is 1.87. The fraction of sp³-hybridized carbons (Fsp3) is 0.0870. The zero-order valence-electron chi connectivity index (χ0n) is 17.2. The monoisotopic (exact) mass is 509 g/mol. The van der Waals surface area contributed by atoms with E-state index in [4.69, 9.17) is 9.47 Å².